The molecule has 0 aromatic carbocycles. The number of hydrogen-bond donors (Lipinski definition) is 0. The Hall–Kier alpha value is -0.950. The third kappa shape index (κ3) is 4.06. The molecule has 0 aromatic heterocycles. The molecule has 1 rings (SSSR count). The normalized spacial score (nSPS) is 21.9. The van der Waals surface area contributed by atoms with Gasteiger partial charge in [-0.1, -0.05) is 6.92 Å². The predicted octanol–water partition coefficient (Wildman–Crippen LogP) is 0.180. The maximum atomic E-state index is 12.0. The first-order valence-corrected chi connectivity index (χ1v) is 7.55. The van der Waals surface area contributed by atoms with E-state index >= 15 is 0 Å². The van der Waals surface area contributed by atoms with Gasteiger partial charge in [-0.3, -0.25) is 9.59 Å². The van der Waals surface area contributed by atoms with Gasteiger partial charge in [0.1, 0.15) is 5.78 Å². The lowest BCUT2D eigenvalue weighted by atomic mass is 10.0. The van der Waals surface area contributed by atoms with E-state index < -0.39 is 16.0 Å². The van der Waals surface area contributed by atoms with Crippen LogP contribution in [0.1, 0.15) is 26.2 Å². The van der Waals surface area contributed by atoms with Gasteiger partial charge in [0.05, 0.1) is 12.9 Å². The van der Waals surface area contributed by atoms with Crippen LogP contribution in [0, 0.1) is 5.92 Å². The van der Waals surface area contributed by atoms with Crippen LogP contribution in [-0.4, -0.2) is 50.4 Å². The Balaban J connectivity index is 2.48. The SMILES string of the molecule is COC(=O)CCCS(=O)(=O)N1CCC(=O)C(C)C1. The molecule has 1 heterocycles. The van der Waals surface area contributed by atoms with E-state index in [0.717, 1.165) is 0 Å². The summed E-state index contributed by atoms with van der Waals surface area (Å²) in [4.78, 5) is 22.2. The summed E-state index contributed by atoms with van der Waals surface area (Å²) in [6.07, 6.45) is 0.614. The number of Topliss-reactive ketones (excluding diaryl/α,β-unsaturated/α-hetero) is 1. The molecule has 1 atom stereocenters. The maximum absolute atomic E-state index is 12.0. The van der Waals surface area contributed by atoms with E-state index in [4.69, 9.17) is 0 Å². The van der Waals surface area contributed by atoms with Crippen molar-refractivity contribution in [3.63, 3.8) is 0 Å². The molecule has 0 aliphatic carbocycles. The van der Waals surface area contributed by atoms with Gasteiger partial charge in [-0.05, 0) is 6.42 Å². The number of ketones is 1. The van der Waals surface area contributed by atoms with E-state index in [9.17, 15) is 18.0 Å². The van der Waals surface area contributed by atoms with Gasteiger partial charge >= 0.3 is 5.97 Å². The van der Waals surface area contributed by atoms with E-state index in [2.05, 4.69) is 4.74 Å². The van der Waals surface area contributed by atoms with Gasteiger partial charge in [0.15, 0.2) is 0 Å². The number of ether oxygens (including phenoxy) is 1. The van der Waals surface area contributed by atoms with Crippen molar-refractivity contribution in [1.29, 1.82) is 0 Å². The second-order valence-corrected chi connectivity index (χ2v) is 6.56. The number of carbonyl (C=O) groups excluding carboxylic acids is 2. The van der Waals surface area contributed by atoms with Crippen molar-refractivity contribution >= 4 is 21.8 Å². The van der Waals surface area contributed by atoms with Crippen molar-refractivity contribution in [1.82, 2.24) is 4.31 Å². The zero-order valence-corrected chi connectivity index (χ0v) is 11.5. The molecule has 0 bridgehead atoms. The highest BCUT2D eigenvalue weighted by Crippen LogP contribution is 2.16. The van der Waals surface area contributed by atoms with Gasteiger partial charge in [-0.15, -0.1) is 0 Å². The average molecular weight is 277 g/mol. The van der Waals surface area contributed by atoms with E-state index in [0.29, 0.717) is 0 Å². The van der Waals surface area contributed by atoms with Crippen LogP contribution in [0.15, 0.2) is 0 Å². The first-order valence-electron chi connectivity index (χ1n) is 5.94. The third-order valence-corrected chi connectivity index (χ3v) is 4.96. The molecule has 0 saturated carbocycles. The molecule has 1 unspecified atom stereocenters. The molecule has 0 radical (unpaired) electrons. The second-order valence-electron chi connectivity index (χ2n) is 4.47. The molecule has 1 saturated heterocycles. The molecule has 1 fully saturated rings. The van der Waals surface area contributed by atoms with Gasteiger partial charge in [0, 0.05) is 31.8 Å². The van der Waals surface area contributed by atoms with Crippen LogP contribution < -0.4 is 0 Å². The van der Waals surface area contributed by atoms with E-state index in [-0.39, 0.29) is 49.8 Å². The Morgan fingerprint density at radius 2 is 2.17 bits per heavy atom. The minimum atomic E-state index is -3.37. The zero-order chi connectivity index (χ0) is 13.8. The minimum absolute atomic E-state index is 0.0803. The van der Waals surface area contributed by atoms with Gasteiger partial charge in [-0.2, -0.15) is 0 Å². The summed E-state index contributed by atoms with van der Waals surface area (Å²) in [5.74, 6) is -0.624. The van der Waals surface area contributed by atoms with Gasteiger partial charge < -0.3 is 4.74 Å². The summed E-state index contributed by atoms with van der Waals surface area (Å²) in [5, 5.41) is 0. The molecule has 0 aromatic rings. The third-order valence-electron chi connectivity index (χ3n) is 3.04. The van der Waals surface area contributed by atoms with Gasteiger partial charge in [-0.25, -0.2) is 12.7 Å². The average Bonchev–Trinajstić information content (AvgIpc) is 2.32. The number of carbonyl (C=O) groups is 2. The summed E-state index contributed by atoms with van der Waals surface area (Å²) in [7, 11) is -2.10. The molecule has 0 amide bonds. The molecular formula is C11H19NO5S. The van der Waals surface area contributed by atoms with Crippen molar-refractivity contribution in [2.75, 3.05) is 26.0 Å². The lowest BCUT2D eigenvalue weighted by Gasteiger charge is -2.29. The topological polar surface area (TPSA) is 80.8 Å². The second kappa shape index (κ2) is 6.29. The molecular weight excluding hydrogens is 258 g/mol. The smallest absolute Gasteiger partial charge is 0.305 e. The molecule has 18 heavy (non-hydrogen) atoms. The van der Waals surface area contributed by atoms with Crippen LogP contribution in [0.4, 0.5) is 0 Å². The molecule has 0 N–H and O–H groups in total. The maximum Gasteiger partial charge on any atom is 0.305 e. The Bertz CT molecular complexity index is 417. The number of piperidine rings is 1. The Kier molecular flexibility index (Phi) is 5.28. The summed E-state index contributed by atoms with van der Waals surface area (Å²) in [6.45, 7) is 2.24. The number of esters is 1. The monoisotopic (exact) mass is 277 g/mol. The first-order chi connectivity index (χ1) is 8.36. The first kappa shape index (κ1) is 15.1. The van der Waals surface area contributed by atoms with Crippen LogP contribution in [0.25, 0.3) is 0 Å². The van der Waals surface area contributed by atoms with Crippen molar-refractivity contribution in [2.24, 2.45) is 5.92 Å². The Morgan fingerprint density at radius 3 is 2.72 bits per heavy atom. The highest BCUT2D eigenvalue weighted by atomic mass is 32.2. The van der Waals surface area contributed by atoms with Crippen molar-refractivity contribution in [2.45, 2.75) is 26.2 Å². The number of methoxy groups -OCH3 is 1. The van der Waals surface area contributed by atoms with Crippen LogP contribution >= 0.6 is 0 Å². The standard InChI is InChI=1S/C11H19NO5S/c1-9-8-12(6-5-10(9)13)18(15,16)7-3-4-11(14)17-2/h9H,3-8H2,1-2H3. The molecule has 7 heteroatoms. The summed E-state index contributed by atoms with van der Waals surface area (Å²) >= 11 is 0. The van der Waals surface area contributed by atoms with Crippen LogP contribution in [-0.2, 0) is 24.3 Å². The molecule has 104 valence electrons. The quantitative estimate of drug-likeness (QED) is 0.670. The number of sulfonamides is 1. The molecule has 1 aliphatic heterocycles. The lowest BCUT2D eigenvalue weighted by molar-refractivity contribution is -0.140. The Morgan fingerprint density at radius 1 is 1.50 bits per heavy atom. The van der Waals surface area contributed by atoms with Crippen molar-refractivity contribution in [3.05, 3.63) is 0 Å². The van der Waals surface area contributed by atoms with Crippen molar-refractivity contribution in [3.8, 4) is 0 Å². The van der Waals surface area contributed by atoms with Crippen LogP contribution in [0.5, 0.6) is 0 Å². The number of rotatable bonds is 5. The van der Waals surface area contributed by atoms with E-state index in [1.54, 1.807) is 6.92 Å². The summed E-state index contributed by atoms with van der Waals surface area (Å²) < 4.78 is 29.7. The Labute approximate surface area is 107 Å². The number of nitrogens with zero attached hydrogens (tertiary/aromatic N) is 1. The van der Waals surface area contributed by atoms with Crippen molar-refractivity contribution < 1.29 is 22.7 Å². The van der Waals surface area contributed by atoms with Gasteiger partial charge in [0.25, 0.3) is 0 Å². The van der Waals surface area contributed by atoms with E-state index in [1.807, 2.05) is 0 Å². The largest absolute Gasteiger partial charge is 0.469 e. The predicted molar refractivity (Wildman–Crippen MR) is 65.4 cm³/mol. The summed E-state index contributed by atoms with van der Waals surface area (Å²) in [5.41, 5.74) is 0. The molecule has 1 aliphatic rings. The highest BCUT2D eigenvalue weighted by Gasteiger charge is 2.30. The molecule has 0 spiro atoms. The fourth-order valence-electron chi connectivity index (χ4n) is 1.86. The fraction of sp³-hybridized carbons (Fsp3) is 0.818. The van der Waals surface area contributed by atoms with Crippen LogP contribution in [0.2, 0.25) is 0 Å². The highest BCUT2D eigenvalue weighted by molar-refractivity contribution is 7.89. The van der Waals surface area contributed by atoms with Crippen LogP contribution in [0.3, 0.4) is 0 Å². The van der Waals surface area contributed by atoms with Gasteiger partial charge in [0.2, 0.25) is 10.0 Å². The zero-order valence-electron chi connectivity index (χ0n) is 10.7. The lowest BCUT2D eigenvalue weighted by Crippen LogP contribution is -2.44. The van der Waals surface area contributed by atoms with E-state index in [1.165, 1.54) is 11.4 Å². The summed E-state index contributed by atoms with van der Waals surface area (Å²) in [6, 6.07) is 0. The minimum Gasteiger partial charge on any atom is -0.469 e. The molecule has 6 nitrogen and oxygen atoms in total. The number of hydrogen-bond acceptors (Lipinski definition) is 5. The fourth-order valence-corrected chi connectivity index (χ4v) is 3.45.